The van der Waals surface area contributed by atoms with Crippen molar-refractivity contribution in [2.24, 2.45) is 5.16 Å². The van der Waals surface area contributed by atoms with E-state index in [-0.39, 0.29) is 17.2 Å². The average molecular weight is 470 g/mol. The van der Waals surface area contributed by atoms with Crippen LogP contribution in [0.2, 0.25) is 0 Å². The fourth-order valence-corrected chi connectivity index (χ4v) is 4.35. The Hall–Kier alpha value is -3.00. The Labute approximate surface area is 184 Å². The summed E-state index contributed by atoms with van der Waals surface area (Å²) in [5, 5.41) is 14.9. The smallest absolute Gasteiger partial charge is 0.352 e. The summed E-state index contributed by atoms with van der Waals surface area (Å²) in [5.74, 6) is -2.91. The average Bonchev–Trinajstić information content (AvgIpc) is 3.21. The highest BCUT2D eigenvalue weighted by molar-refractivity contribution is 8.00. The first kappa shape index (κ1) is 22.7. The van der Waals surface area contributed by atoms with Gasteiger partial charge in [0.2, 0.25) is 18.1 Å². The molecule has 1 aromatic rings. The number of nitrogens with one attached hydrogen (secondary N) is 1. The van der Waals surface area contributed by atoms with Crippen LogP contribution in [0.5, 0.6) is 0 Å². The van der Waals surface area contributed by atoms with Crippen LogP contribution < -0.4 is 5.32 Å². The number of nitrogens with zero attached hydrogens (tertiary/aromatic N) is 4. The van der Waals surface area contributed by atoms with E-state index < -0.39 is 47.4 Å². The predicted octanol–water partition coefficient (Wildman–Crippen LogP) is -0.0311. The predicted molar refractivity (Wildman–Crippen MR) is 109 cm³/mol. The largest absolute Gasteiger partial charge is 0.477 e. The zero-order valence-corrected chi connectivity index (χ0v) is 18.4. The summed E-state index contributed by atoms with van der Waals surface area (Å²) in [7, 11) is 0. The molecule has 2 atom stereocenters. The van der Waals surface area contributed by atoms with Crippen LogP contribution in [0.15, 0.2) is 22.4 Å². The lowest BCUT2D eigenvalue weighted by molar-refractivity contribution is -0.160. The molecule has 12 nitrogen and oxygen atoms in total. The number of fused-ring (bicyclic) bond motifs is 1. The van der Waals surface area contributed by atoms with Crippen LogP contribution in [0.1, 0.15) is 26.6 Å². The number of aromatic nitrogens is 2. The fourth-order valence-electron chi connectivity index (χ4n) is 2.73. The van der Waals surface area contributed by atoms with Crippen molar-refractivity contribution in [3.8, 4) is 0 Å². The minimum absolute atomic E-state index is 0.0438. The molecule has 166 valence electrons. The molecule has 3 heterocycles. The molecule has 1 saturated heterocycles. The number of β-lactam (4-membered cyclic amide) rings is 1. The van der Waals surface area contributed by atoms with Gasteiger partial charge in [0.1, 0.15) is 28.2 Å². The summed E-state index contributed by atoms with van der Waals surface area (Å²) in [4.78, 5) is 58.2. The molecule has 1 unspecified atom stereocenters. The SMILES string of the molecule is CC(C)(C)OC(=O)CO/N=C(\C(=O)NC1C(=O)N2C(C(=O)O)=CCS[C@H]12)c1ncsn1. The van der Waals surface area contributed by atoms with Crippen molar-refractivity contribution in [2.45, 2.75) is 37.8 Å². The second kappa shape index (κ2) is 9.01. The molecule has 1 fully saturated rings. The minimum Gasteiger partial charge on any atom is -0.477 e. The van der Waals surface area contributed by atoms with Crippen LogP contribution in [0.3, 0.4) is 0 Å². The van der Waals surface area contributed by atoms with Gasteiger partial charge in [-0.05, 0) is 38.4 Å². The van der Waals surface area contributed by atoms with Crippen molar-refractivity contribution in [3.63, 3.8) is 0 Å². The maximum Gasteiger partial charge on any atom is 0.352 e. The number of carboxylic acids is 1. The Balaban J connectivity index is 1.68. The number of carbonyl (C=O) groups excluding carboxylic acids is 3. The molecule has 3 rings (SSSR count). The van der Waals surface area contributed by atoms with Gasteiger partial charge in [0.25, 0.3) is 11.8 Å². The molecule has 0 aromatic carbocycles. The number of carbonyl (C=O) groups is 4. The number of hydrogen-bond acceptors (Lipinski definition) is 11. The van der Waals surface area contributed by atoms with Crippen molar-refractivity contribution in [2.75, 3.05) is 12.4 Å². The lowest BCUT2D eigenvalue weighted by Gasteiger charge is -2.48. The molecule has 0 bridgehead atoms. The first-order chi connectivity index (χ1) is 14.6. The third kappa shape index (κ3) is 5.19. The number of hydrogen-bond donors (Lipinski definition) is 2. The standard InChI is InChI=1S/C17H19N5O7S2/c1-17(2,3)29-9(23)6-28-20-10(12-18-7-31-21-12)13(24)19-11-14(25)22-8(16(26)27)4-5-30-15(11)22/h4,7,11,15H,5-6H2,1-3H3,(H,19,24)(H,26,27)/b20-10-/t11?,15-/m1/s1. The first-order valence-electron chi connectivity index (χ1n) is 8.96. The van der Waals surface area contributed by atoms with E-state index in [0.29, 0.717) is 5.75 Å². The zero-order chi connectivity index (χ0) is 22.8. The van der Waals surface area contributed by atoms with Gasteiger partial charge in [-0.1, -0.05) is 5.16 Å². The van der Waals surface area contributed by atoms with Crippen molar-refractivity contribution in [3.05, 3.63) is 23.1 Å². The Morgan fingerprint density at radius 2 is 2.13 bits per heavy atom. The van der Waals surface area contributed by atoms with Gasteiger partial charge < -0.3 is 20.0 Å². The minimum atomic E-state index is -1.21. The number of esters is 1. The van der Waals surface area contributed by atoms with E-state index in [1.807, 2.05) is 0 Å². The van der Waals surface area contributed by atoms with Crippen molar-refractivity contribution >= 4 is 52.8 Å². The second-order valence-corrected chi connectivity index (χ2v) is 9.09. The van der Waals surface area contributed by atoms with Gasteiger partial charge in [-0.15, -0.1) is 11.8 Å². The van der Waals surface area contributed by atoms with E-state index in [4.69, 9.17) is 9.57 Å². The Kier molecular flexibility index (Phi) is 6.59. The summed E-state index contributed by atoms with van der Waals surface area (Å²) in [6.45, 7) is 4.54. The molecule has 2 aliphatic rings. The van der Waals surface area contributed by atoms with Gasteiger partial charge in [0.05, 0.1) is 0 Å². The van der Waals surface area contributed by atoms with E-state index in [0.717, 1.165) is 16.4 Å². The number of oxime groups is 1. The van der Waals surface area contributed by atoms with Crippen LogP contribution in [0.25, 0.3) is 0 Å². The molecule has 2 amide bonds. The fraction of sp³-hybridized carbons (Fsp3) is 0.471. The van der Waals surface area contributed by atoms with Crippen molar-refractivity contribution < 1.29 is 33.9 Å². The van der Waals surface area contributed by atoms with Crippen LogP contribution in [0.4, 0.5) is 0 Å². The molecule has 0 spiro atoms. The highest BCUT2D eigenvalue weighted by atomic mass is 32.2. The summed E-state index contributed by atoms with van der Waals surface area (Å²) in [6.07, 6.45) is 1.44. The summed E-state index contributed by atoms with van der Waals surface area (Å²) >= 11 is 2.29. The van der Waals surface area contributed by atoms with E-state index in [1.54, 1.807) is 20.8 Å². The van der Waals surface area contributed by atoms with Gasteiger partial charge in [-0.3, -0.25) is 14.5 Å². The maximum atomic E-state index is 12.8. The Bertz CT molecular complexity index is 955. The number of ether oxygens (including phenoxy) is 1. The van der Waals surface area contributed by atoms with E-state index in [9.17, 15) is 24.3 Å². The zero-order valence-electron chi connectivity index (χ0n) is 16.7. The second-order valence-electron chi connectivity index (χ2n) is 7.33. The van der Waals surface area contributed by atoms with Crippen molar-refractivity contribution in [1.29, 1.82) is 0 Å². The summed E-state index contributed by atoms with van der Waals surface area (Å²) in [6, 6.07) is -0.949. The van der Waals surface area contributed by atoms with E-state index in [1.165, 1.54) is 23.3 Å². The van der Waals surface area contributed by atoms with Gasteiger partial charge in [-0.25, -0.2) is 14.6 Å². The van der Waals surface area contributed by atoms with Gasteiger partial charge in [-0.2, -0.15) is 4.37 Å². The quantitative estimate of drug-likeness (QED) is 0.240. The summed E-state index contributed by atoms with van der Waals surface area (Å²) < 4.78 is 9.03. The lowest BCUT2D eigenvalue weighted by atomic mass is 10.0. The number of rotatable bonds is 7. The van der Waals surface area contributed by atoms with Crippen LogP contribution in [-0.4, -0.2) is 78.2 Å². The first-order valence-corrected chi connectivity index (χ1v) is 10.8. The van der Waals surface area contributed by atoms with Crippen LogP contribution >= 0.6 is 23.3 Å². The number of carboxylic acid groups (broad SMARTS) is 1. The normalized spacial score (nSPS) is 20.9. The number of amides is 2. The molecule has 2 N–H and O–H groups in total. The molecular formula is C17H19N5O7S2. The lowest BCUT2D eigenvalue weighted by Crippen LogP contribution is -2.70. The molecule has 31 heavy (non-hydrogen) atoms. The molecule has 14 heteroatoms. The van der Waals surface area contributed by atoms with Gasteiger partial charge in [0, 0.05) is 5.75 Å². The monoisotopic (exact) mass is 469 g/mol. The molecule has 0 radical (unpaired) electrons. The highest BCUT2D eigenvalue weighted by Crippen LogP contribution is 2.37. The van der Waals surface area contributed by atoms with E-state index in [2.05, 4.69) is 19.8 Å². The molecule has 0 saturated carbocycles. The molecule has 0 aliphatic carbocycles. The number of thioether (sulfide) groups is 1. The third-order valence-corrected chi connectivity index (χ3v) is 5.56. The molecule has 1 aromatic heterocycles. The van der Waals surface area contributed by atoms with Crippen molar-refractivity contribution in [1.82, 2.24) is 19.6 Å². The Morgan fingerprint density at radius 1 is 1.39 bits per heavy atom. The Morgan fingerprint density at radius 3 is 2.74 bits per heavy atom. The highest BCUT2D eigenvalue weighted by Gasteiger charge is 2.53. The topological polar surface area (TPSA) is 160 Å². The van der Waals surface area contributed by atoms with Crippen LogP contribution in [0, 0.1) is 0 Å². The third-order valence-electron chi connectivity index (χ3n) is 3.90. The molecular weight excluding hydrogens is 450 g/mol. The van der Waals surface area contributed by atoms with Gasteiger partial charge in [0.15, 0.2) is 0 Å². The van der Waals surface area contributed by atoms with Crippen LogP contribution in [-0.2, 0) is 28.8 Å². The maximum absolute atomic E-state index is 12.8. The molecule has 2 aliphatic heterocycles. The van der Waals surface area contributed by atoms with Gasteiger partial charge >= 0.3 is 11.9 Å². The van der Waals surface area contributed by atoms with E-state index >= 15 is 0 Å². The summed E-state index contributed by atoms with van der Waals surface area (Å²) in [5.41, 5.74) is 0.224. The number of aliphatic carboxylic acids is 1.